The summed E-state index contributed by atoms with van der Waals surface area (Å²) < 4.78 is 2.27. The van der Waals surface area contributed by atoms with E-state index in [1.807, 2.05) is 6.07 Å². The minimum Gasteiger partial charge on any atom is -0.345 e. The standard InChI is InChI=1S/C25H38N2O/c1-6-8-15-23(7-2)25(28)27(21(5)20(3)4)19-24-16-12-17-26(24)18-22-13-10-9-11-14-22/h9-14,16-17,20-21,23H,6-8,15,18-19H2,1-5H3/t21-,23-/m0/s1. The predicted octanol–water partition coefficient (Wildman–Crippen LogP) is 6.13. The molecular weight excluding hydrogens is 344 g/mol. The molecular formula is C25H38N2O. The van der Waals surface area contributed by atoms with Crippen molar-refractivity contribution in [3.05, 3.63) is 59.9 Å². The first-order valence-corrected chi connectivity index (χ1v) is 11.0. The van der Waals surface area contributed by atoms with E-state index >= 15 is 0 Å². The van der Waals surface area contributed by atoms with Gasteiger partial charge in [0.15, 0.2) is 0 Å². The van der Waals surface area contributed by atoms with Crippen LogP contribution in [0.5, 0.6) is 0 Å². The zero-order valence-corrected chi connectivity index (χ0v) is 18.4. The summed E-state index contributed by atoms with van der Waals surface area (Å²) in [6, 6.07) is 15.0. The van der Waals surface area contributed by atoms with Gasteiger partial charge < -0.3 is 9.47 Å². The largest absolute Gasteiger partial charge is 0.345 e. The molecule has 0 spiro atoms. The van der Waals surface area contributed by atoms with Gasteiger partial charge in [0.05, 0.1) is 6.54 Å². The number of aromatic nitrogens is 1. The molecule has 3 nitrogen and oxygen atoms in total. The lowest BCUT2D eigenvalue weighted by Gasteiger charge is -2.35. The van der Waals surface area contributed by atoms with Gasteiger partial charge in [0.25, 0.3) is 0 Å². The Hall–Kier alpha value is -2.03. The highest BCUT2D eigenvalue weighted by Gasteiger charge is 2.28. The third kappa shape index (κ3) is 5.98. The van der Waals surface area contributed by atoms with Crippen molar-refractivity contribution in [1.29, 1.82) is 0 Å². The fraction of sp³-hybridized carbons (Fsp3) is 0.560. The predicted molar refractivity (Wildman–Crippen MR) is 118 cm³/mol. The number of rotatable bonds is 11. The van der Waals surface area contributed by atoms with Crippen molar-refractivity contribution in [3.8, 4) is 0 Å². The molecule has 28 heavy (non-hydrogen) atoms. The average Bonchev–Trinajstić information content (AvgIpc) is 3.13. The zero-order valence-electron chi connectivity index (χ0n) is 18.4. The highest BCUT2D eigenvalue weighted by atomic mass is 16.2. The Kier molecular flexibility index (Phi) is 8.82. The van der Waals surface area contributed by atoms with E-state index in [0.29, 0.717) is 18.4 Å². The Morgan fingerprint density at radius 3 is 2.36 bits per heavy atom. The summed E-state index contributed by atoms with van der Waals surface area (Å²) in [6.45, 7) is 12.5. The first kappa shape index (κ1) is 22.3. The summed E-state index contributed by atoms with van der Waals surface area (Å²) in [6.07, 6.45) is 6.31. The molecule has 0 aliphatic heterocycles. The molecule has 3 heteroatoms. The van der Waals surface area contributed by atoms with Crippen LogP contribution in [0.4, 0.5) is 0 Å². The third-order valence-corrected chi connectivity index (χ3v) is 5.94. The molecule has 0 saturated heterocycles. The van der Waals surface area contributed by atoms with Crippen molar-refractivity contribution in [2.75, 3.05) is 0 Å². The van der Waals surface area contributed by atoms with Crippen LogP contribution >= 0.6 is 0 Å². The summed E-state index contributed by atoms with van der Waals surface area (Å²) in [7, 11) is 0. The maximum atomic E-state index is 13.4. The van der Waals surface area contributed by atoms with Gasteiger partial charge >= 0.3 is 0 Å². The molecule has 154 valence electrons. The van der Waals surface area contributed by atoms with Gasteiger partial charge in [-0.3, -0.25) is 4.79 Å². The smallest absolute Gasteiger partial charge is 0.226 e. The van der Waals surface area contributed by atoms with E-state index < -0.39 is 0 Å². The molecule has 2 aromatic rings. The van der Waals surface area contributed by atoms with E-state index in [9.17, 15) is 4.79 Å². The number of hydrogen-bond donors (Lipinski definition) is 0. The molecule has 0 bridgehead atoms. The van der Waals surface area contributed by atoms with Gasteiger partial charge in [0.2, 0.25) is 5.91 Å². The van der Waals surface area contributed by atoms with Gasteiger partial charge in [-0.25, -0.2) is 0 Å². The number of carbonyl (C=O) groups excluding carboxylic acids is 1. The fourth-order valence-corrected chi connectivity index (χ4v) is 3.67. The van der Waals surface area contributed by atoms with E-state index in [4.69, 9.17) is 0 Å². The van der Waals surface area contributed by atoms with E-state index in [2.05, 4.69) is 86.7 Å². The number of nitrogens with zero attached hydrogens (tertiary/aromatic N) is 2. The fourth-order valence-electron chi connectivity index (χ4n) is 3.67. The molecule has 1 aromatic carbocycles. The lowest BCUT2D eigenvalue weighted by molar-refractivity contribution is -0.139. The number of benzene rings is 1. The normalized spacial score (nSPS) is 13.5. The molecule has 1 amide bonds. The van der Waals surface area contributed by atoms with Crippen molar-refractivity contribution in [2.24, 2.45) is 11.8 Å². The van der Waals surface area contributed by atoms with Gasteiger partial charge in [-0.05, 0) is 43.4 Å². The van der Waals surface area contributed by atoms with Crippen molar-refractivity contribution < 1.29 is 4.79 Å². The van der Waals surface area contributed by atoms with E-state index in [0.717, 1.165) is 32.2 Å². The topological polar surface area (TPSA) is 25.2 Å². The summed E-state index contributed by atoms with van der Waals surface area (Å²) in [4.78, 5) is 15.6. The summed E-state index contributed by atoms with van der Waals surface area (Å²) in [5, 5.41) is 0. The van der Waals surface area contributed by atoms with Crippen LogP contribution in [-0.4, -0.2) is 21.4 Å². The van der Waals surface area contributed by atoms with Crippen LogP contribution in [0, 0.1) is 11.8 Å². The minimum absolute atomic E-state index is 0.138. The number of unbranched alkanes of at least 4 members (excludes halogenated alkanes) is 1. The first-order valence-electron chi connectivity index (χ1n) is 11.0. The molecule has 0 fully saturated rings. The number of amides is 1. The molecule has 0 radical (unpaired) electrons. The molecule has 1 heterocycles. The van der Waals surface area contributed by atoms with Gasteiger partial charge in [0.1, 0.15) is 0 Å². The quantitative estimate of drug-likeness (QED) is 0.459. The second-order valence-electron chi connectivity index (χ2n) is 8.31. The molecule has 0 aliphatic carbocycles. The second kappa shape index (κ2) is 11.1. The summed E-state index contributed by atoms with van der Waals surface area (Å²) >= 11 is 0. The van der Waals surface area contributed by atoms with Crippen molar-refractivity contribution in [2.45, 2.75) is 79.4 Å². The Morgan fingerprint density at radius 2 is 1.75 bits per heavy atom. The average molecular weight is 383 g/mol. The van der Waals surface area contributed by atoms with Gasteiger partial charge in [-0.1, -0.05) is 70.9 Å². The highest BCUT2D eigenvalue weighted by molar-refractivity contribution is 5.79. The molecule has 2 rings (SSSR count). The Morgan fingerprint density at radius 1 is 1.04 bits per heavy atom. The molecule has 0 saturated carbocycles. The second-order valence-corrected chi connectivity index (χ2v) is 8.31. The number of hydrogen-bond acceptors (Lipinski definition) is 1. The maximum absolute atomic E-state index is 13.4. The van der Waals surface area contributed by atoms with Crippen LogP contribution in [0.15, 0.2) is 48.7 Å². The van der Waals surface area contributed by atoms with E-state index in [1.54, 1.807) is 0 Å². The molecule has 0 N–H and O–H groups in total. The van der Waals surface area contributed by atoms with Gasteiger partial charge in [-0.2, -0.15) is 0 Å². The molecule has 2 atom stereocenters. The Labute approximate surface area is 171 Å². The zero-order chi connectivity index (χ0) is 20.5. The molecule has 0 unspecified atom stereocenters. The van der Waals surface area contributed by atoms with Gasteiger partial charge in [0, 0.05) is 30.4 Å². The van der Waals surface area contributed by atoms with Crippen LogP contribution in [0.3, 0.4) is 0 Å². The summed E-state index contributed by atoms with van der Waals surface area (Å²) in [5.74, 6) is 0.897. The number of carbonyl (C=O) groups is 1. The van der Waals surface area contributed by atoms with Crippen molar-refractivity contribution >= 4 is 5.91 Å². The van der Waals surface area contributed by atoms with Crippen LogP contribution in [0.1, 0.15) is 71.6 Å². The molecule has 1 aromatic heterocycles. The lowest BCUT2D eigenvalue weighted by atomic mass is 9.95. The summed E-state index contributed by atoms with van der Waals surface area (Å²) in [5.41, 5.74) is 2.49. The van der Waals surface area contributed by atoms with Crippen molar-refractivity contribution in [3.63, 3.8) is 0 Å². The lowest BCUT2D eigenvalue weighted by Crippen LogP contribution is -2.44. The third-order valence-electron chi connectivity index (χ3n) is 5.94. The molecule has 0 aliphatic rings. The van der Waals surface area contributed by atoms with E-state index in [1.165, 1.54) is 11.3 Å². The highest BCUT2D eigenvalue weighted by Crippen LogP contribution is 2.23. The SMILES string of the molecule is CCCC[C@H](CC)C(=O)N(Cc1cccn1Cc1ccccc1)[C@@H](C)C(C)C. The van der Waals surface area contributed by atoms with Crippen LogP contribution < -0.4 is 0 Å². The van der Waals surface area contributed by atoms with Gasteiger partial charge in [-0.15, -0.1) is 0 Å². The Balaban J connectivity index is 2.21. The van der Waals surface area contributed by atoms with Crippen LogP contribution in [-0.2, 0) is 17.9 Å². The maximum Gasteiger partial charge on any atom is 0.226 e. The van der Waals surface area contributed by atoms with Crippen molar-refractivity contribution in [1.82, 2.24) is 9.47 Å². The first-order chi connectivity index (χ1) is 13.5. The van der Waals surface area contributed by atoms with Crippen LogP contribution in [0.25, 0.3) is 0 Å². The monoisotopic (exact) mass is 382 g/mol. The van der Waals surface area contributed by atoms with Crippen LogP contribution in [0.2, 0.25) is 0 Å². The Bertz CT molecular complexity index is 704. The van der Waals surface area contributed by atoms with E-state index in [-0.39, 0.29) is 12.0 Å². The minimum atomic E-state index is 0.138.